The van der Waals surface area contributed by atoms with Crippen molar-refractivity contribution in [1.29, 1.82) is 0 Å². The highest BCUT2D eigenvalue weighted by atomic mass is 16.5. The van der Waals surface area contributed by atoms with Crippen molar-refractivity contribution in [1.82, 2.24) is 5.32 Å². The molecule has 0 spiro atoms. The molecule has 5 heteroatoms. The highest BCUT2D eigenvalue weighted by Crippen LogP contribution is 2.25. The number of hydrogen-bond acceptors (Lipinski definition) is 3. The quantitative estimate of drug-likeness (QED) is 0.857. The molecule has 2 aromatic rings. The molecule has 0 unspecified atom stereocenters. The number of ether oxygens (including phenoxy) is 1. The molecule has 0 radical (unpaired) electrons. The van der Waals surface area contributed by atoms with Crippen LogP contribution >= 0.6 is 0 Å². The topological polar surface area (TPSA) is 67.4 Å². The first-order chi connectivity index (χ1) is 11.5. The van der Waals surface area contributed by atoms with Crippen LogP contribution in [0, 0.1) is 13.8 Å². The summed E-state index contributed by atoms with van der Waals surface area (Å²) in [7, 11) is 1.56. The normalized spacial score (nSPS) is 10.1. The summed E-state index contributed by atoms with van der Waals surface area (Å²) < 4.78 is 5.23. The van der Waals surface area contributed by atoms with Gasteiger partial charge in [0, 0.05) is 18.5 Å². The van der Waals surface area contributed by atoms with Crippen molar-refractivity contribution < 1.29 is 14.3 Å². The summed E-state index contributed by atoms with van der Waals surface area (Å²) in [5, 5.41) is 5.58. The Morgan fingerprint density at radius 3 is 2.54 bits per heavy atom. The van der Waals surface area contributed by atoms with E-state index in [0.29, 0.717) is 17.0 Å². The van der Waals surface area contributed by atoms with E-state index in [0.717, 1.165) is 11.1 Å². The summed E-state index contributed by atoms with van der Waals surface area (Å²) in [6.45, 7) is 4.09. The molecule has 24 heavy (non-hydrogen) atoms. The van der Waals surface area contributed by atoms with Gasteiger partial charge in [0.15, 0.2) is 0 Å². The van der Waals surface area contributed by atoms with Crippen molar-refractivity contribution in [2.24, 2.45) is 0 Å². The number of aryl methyl sites for hydroxylation is 2. The molecule has 0 aromatic heterocycles. The average Bonchev–Trinajstić information content (AvgIpc) is 2.55. The highest BCUT2D eigenvalue weighted by Gasteiger charge is 2.10. The number of carbonyl (C=O) groups excluding carboxylic acids is 2. The first-order valence-corrected chi connectivity index (χ1v) is 7.79. The summed E-state index contributed by atoms with van der Waals surface area (Å²) in [6, 6.07) is 12.9. The van der Waals surface area contributed by atoms with Gasteiger partial charge in [0.05, 0.1) is 12.8 Å². The Morgan fingerprint density at radius 1 is 1.08 bits per heavy atom. The van der Waals surface area contributed by atoms with Gasteiger partial charge in [0.1, 0.15) is 5.75 Å². The van der Waals surface area contributed by atoms with Crippen LogP contribution in [0.15, 0.2) is 42.5 Å². The molecule has 0 saturated heterocycles. The first-order valence-electron chi connectivity index (χ1n) is 7.79. The Hall–Kier alpha value is -2.82. The Morgan fingerprint density at radius 2 is 1.83 bits per heavy atom. The predicted octanol–water partition coefficient (Wildman–Crippen LogP) is 3.07. The third-order valence-corrected chi connectivity index (χ3v) is 3.66. The van der Waals surface area contributed by atoms with Crippen LogP contribution in [-0.2, 0) is 4.79 Å². The van der Waals surface area contributed by atoms with Crippen LogP contribution in [0.25, 0.3) is 0 Å². The van der Waals surface area contributed by atoms with E-state index in [4.69, 9.17) is 4.74 Å². The molecule has 0 aliphatic carbocycles. The molecule has 2 rings (SSSR count). The number of rotatable bonds is 6. The fraction of sp³-hybridized carbons (Fsp3) is 0.263. The average molecular weight is 326 g/mol. The molecule has 5 nitrogen and oxygen atoms in total. The number of benzene rings is 2. The summed E-state index contributed by atoms with van der Waals surface area (Å²) in [5.74, 6) is 0.260. The van der Waals surface area contributed by atoms with Crippen molar-refractivity contribution in [2.45, 2.75) is 20.3 Å². The molecule has 2 amide bonds. The molecule has 0 saturated carbocycles. The lowest BCUT2D eigenvalue weighted by atomic mass is 10.1. The van der Waals surface area contributed by atoms with Gasteiger partial charge in [-0.15, -0.1) is 0 Å². The van der Waals surface area contributed by atoms with E-state index in [2.05, 4.69) is 10.6 Å². The Kier molecular flexibility index (Phi) is 5.95. The van der Waals surface area contributed by atoms with Crippen molar-refractivity contribution in [3.8, 4) is 5.75 Å². The van der Waals surface area contributed by atoms with Gasteiger partial charge in [-0.25, -0.2) is 0 Å². The van der Waals surface area contributed by atoms with E-state index in [-0.39, 0.29) is 24.8 Å². The van der Waals surface area contributed by atoms with Gasteiger partial charge in [0.25, 0.3) is 5.91 Å². The van der Waals surface area contributed by atoms with E-state index >= 15 is 0 Å². The number of methoxy groups -OCH3 is 1. The number of hydrogen-bond donors (Lipinski definition) is 2. The summed E-state index contributed by atoms with van der Waals surface area (Å²) >= 11 is 0. The molecular weight excluding hydrogens is 304 g/mol. The van der Waals surface area contributed by atoms with Gasteiger partial charge in [-0.1, -0.05) is 24.3 Å². The van der Waals surface area contributed by atoms with Crippen molar-refractivity contribution in [3.05, 3.63) is 59.2 Å². The van der Waals surface area contributed by atoms with E-state index in [1.807, 2.05) is 50.2 Å². The zero-order chi connectivity index (χ0) is 17.5. The fourth-order valence-electron chi connectivity index (χ4n) is 2.34. The van der Waals surface area contributed by atoms with Gasteiger partial charge in [-0.2, -0.15) is 0 Å². The van der Waals surface area contributed by atoms with Gasteiger partial charge in [-0.3, -0.25) is 9.59 Å². The van der Waals surface area contributed by atoms with Crippen LogP contribution in [0.3, 0.4) is 0 Å². The minimum absolute atomic E-state index is 0.172. The standard InChI is InChI=1S/C19H22N2O3/c1-13-8-9-17(24-3)16(12-13)21-18(22)10-11-20-19(23)15-7-5-4-6-14(15)2/h4-9,12H,10-11H2,1-3H3,(H,20,23)(H,21,22). The minimum atomic E-state index is -0.177. The molecule has 126 valence electrons. The molecule has 0 aliphatic heterocycles. The molecule has 0 aliphatic rings. The smallest absolute Gasteiger partial charge is 0.251 e. The third kappa shape index (κ3) is 4.59. The maximum absolute atomic E-state index is 12.1. The fourth-order valence-corrected chi connectivity index (χ4v) is 2.34. The summed E-state index contributed by atoms with van der Waals surface area (Å²) in [5.41, 5.74) is 3.19. The van der Waals surface area contributed by atoms with Crippen LogP contribution in [0.4, 0.5) is 5.69 Å². The number of amides is 2. The molecule has 0 fully saturated rings. The maximum Gasteiger partial charge on any atom is 0.251 e. The van der Waals surface area contributed by atoms with Crippen LogP contribution in [0.2, 0.25) is 0 Å². The summed E-state index contributed by atoms with van der Waals surface area (Å²) in [6.07, 6.45) is 0.189. The van der Waals surface area contributed by atoms with Gasteiger partial charge >= 0.3 is 0 Å². The largest absolute Gasteiger partial charge is 0.495 e. The lowest BCUT2D eigenvalue weighted by Crippen LogP contribution is -2.28. The van der Waals surface area contributed by atoms with Crippen LogP contribution in [0.5, 0.6) is 5.75 Å². The lowest BCUT2D eigenvalue weighted by molar-refractivity contribution is -0.116. The zero-order valence-corrected chi connectivity index (χ0v) is 14.2. The van der Waals surface area contributed by atoms with Crippen LogP contribution in [0.1, 0.15) is 27.9 Å². The van der Waals surface area contributed by atoms with Crippen LogP contribution < -0.4 is 15.4 Å². The molecular formula is C19H22N2O3. The maximum atomic E-state index is 12.1. The Bertz CT molecular complexity index is 741. The number of nitrogens with one attached hydrogen (secondary N) is 2. The van der Waals surface area contributed by atoms with Gasteiger partial charge in [0.2, 0.25) is 5.91 Å². The molecule has 0 atom stereocenters. The molecule has 0 heterocycles. The minimum Gasteiger partial charge on any atom is -0.495 e. The van der Waals surface area contributed by atoms with E-state index < -0.39 is 0 Å². The van der Waals surface area contributed by atoms with Crippen LogP contribution in [-0.4, -0.2) is 25.5 Å². The lowest BCUT2D eigenvalue weighted by Gasteiger charge is -2.11. The van der Waals surface area contributed by atoms with E-state index in [1.165, 1.54) is 0 Å². The van der Waals surface area contributed by atoms with Crippen molar-refractivity contribution in [3.63, 3.8) is 0 Å². The van der Waals surface area contributed by atoms with Gasteiger partial charge < -0.3 is 15.4 Å². The van der Waals surface area contributed by atoms with Gasteiger partial charge in [-0.05, 0) is 43.2 Å². The van der Waals surface area contributed by atoms with E-state index in [1.54, 1.807) is 13.2 Å². The van der Waals surface area contributed by atoms with E-state index in [9.17, 15) is 9.59 Å². The first kappa shape index (κ1) is 17.5. The molecule has 0 bridgehead atoms. The predicted molar refractivity (Wildman–Crippen MR) is 94.5 cm³/mol. The second kappa shape index (κ2) is 8.15. The zero-order valence-electron chi connectivity index (χ0n) is 14.2. The highest BCUT2D eigenvalue weighted by molar-refractivity contribution is 5.96. The monoisotopic (exact) mass is 326 g/mol. The summed E-state index contributed by atoms with van der Waals surface area (Å²) in [4.78, 5) is 24.1. The third-order valence-electron chi connectivity index (χ3n) is 3.66. The Labute approximate surface area is 142 Å². The Balaban J connectivity index is 1.87. The number of carbonyl (C=O) groups is 2. The van der Waals surface area contributed by atoms with Crippen molar-refractivity contribution >= 4 is 17.5 Å². The van der Waals surface area contributed by atoms with Crippen molar-refractivity contribution in [2.75, 3.05) is 19.0 Å². The molecule has 2 N–H and O–H groups in total. The second-order valence-corrected chi connectivity index (χ2v) is 5.57. The molecule has 2 aromatic carbocycles. The second-order valence-electron chi connectivity index (χ2n) is 5.57. The number of anilines is 1. The SMILES string of the molecule is COc1ccc(C)cc1NC(=O)CCNC(=O)c1ccccc1C.